The molecule has 130 valence electrons. The van der Waals surface area contributed by atoms with Gasteiger partial charge in [-0.05, 0) is 48.5 Å². The molecule has 1 amide bonds. The number of anilines is 1. The van der Waals surface area contributed by atoms with Crippen LogP contribution in [-0.4, -0.2) is 18.3 Å². The Kier molecular flexibility index (Phi) is 5.39. The van der Waals surface area contributed by atoms with Crippen molar-refractivity contribution >= 4 is 17.4 Å². The van der Waals surface area contributed by atoms with Crippen LogP contribution in [0.3, 0.4) is 0 Å². The van der Waals surface area contributed by atoms with Gasteiger partial charge in [-0.2, -0.15) is 0 Å². The smallest absolute Gasteiger partial charge is 0.262 e. The van der Waals surface area contributed by atoms with E-state index in [9.17, 15) is 14.0 Å². The zero-order chi connectivity index (χ0) is 18.4. The highest BCUT2D eigenvalue weighted by Crippen LogP contribution is 2.16. The second-order valence-corrected chi connectivity index (χ2v) is 5.56. The average Bonchev–Trinajstić information content (AvgIpc) is 2.69. The Morgan fingerprint density at radius 3 is 2.08 bits per heavy atom. The van der Waals surface area contributed by atoms with Crippen molar-refractivity contribution in [2.24, 2.45) is 0 Å². The second kappa shape index (κ2) is 8.07. The molecular weight excluding hydrogens is 333 g/mol. The normalized spacial score (nSPS) is 10.2. The lowest BCUT2D eigenvalue weighted by Gasteiger charge is -2.08. The number of carbonyl (C=O) groups is 2. The van der Waals surface area contributed by atoms with Crippen LogP contribution in [0.15, 0.2) is 78.9 Å². The molecule has 0 heterocycles. The van der Waals surface area contributed by atoms with Gasteiger partial charge in [0.15, 0.2) is 12.4 Å². The van der Waals surface area contributed by atoms with Crippen molar-refractivity contribution in [3.63, 3.8) is 0 Å². The maximum Gasteiger partial charge on any atom is 0.262 e. The van der Waals surface area contributed by atoms with Gasteiger partial charge < -0.3 is 10.1 Å². The van der Waals surface area contributed by atoms with E-state index >= 15 is 0 Å². The van der Waals surface area contributed by atoms with Crippen molar-refractivity contribution in [2.45, 2.75) is 0 Å². The predicted octanol–water partition coefficient (Wildman–Crippen LogP) is 4.07. The summed E-state index contributed by atoms with van der Waals surface area (Å²) < 4.78 is 18.2. The number of ether oxygens (including phenoxy) is 1. The van der Waals surface area contributed by atoms with Crippen molar-refractivity contribution in [3.05, 3.63) is 95.8 Å². The molecular formula is C21H16FNO3. The van der Waals surface area contributed by atoms with Crippen LogP contribution in [0, 0.1) is 5.82 Å². The summed E-state index contributed by atoms with van der Waals surface area (Å²) in [5.41, 5.74) is 1.64. The van der Waals surface area contributed by atoms with Gasteiger partial charge in [-0.1, -0.05) is 30.3 Å². The topological polar surface area (TPSA) is 55.4 Å². The average molecular weight is 349 g/mol. The standard InChI is InChI=1S/C21H16FNO3/c22-17-8-10-18(11-9-17)23-20(24)14-26-19-12-6-16(7-13-19)21(25)15-4-2-1-3-5-15/h1-13H,14H2,(H,23,24). The molecule has 3 aromatic rings. The quantitative estimate of drug-likeness (QED) is 0.683. The van der Waals surface area contributed by atoms with E-state index in [-0.39, 0.29) is 24.1 Å². The van der Waals surface area contributed by atoms with Crippen LogP contribution in [0.4, 0.5) is 10.1 Å². The molecule has 26 heavy (non-hydrogen) atoms. The molecule has 0 fully saturated rings. The number of ketones is 1. The van der Waals surface area contributed by atoms with E-state index in [1.54, 1.807) is 36.4 Å². The number of carbonyl (C=O) groups excluding carboxylic acids is 2. The number of benzene rings is 3. The van der Waals surface area contributed by atoms with Crippen LogP contribution in [-0.2, 0) is 4.79 Å². The number of halogens is 1. The highest BCUT2D eigenvalue weighted by Gasteiger charge is 2.09. The Labute approximate surface area is 150 Å². The number of amides is 1. The molecule has 0 aliphatic heterocycles. The SMILES string of the molecule is O=C(COc1ccc(C(=O)c2ccccc2)cc1)Nc1ccc(F)cc1. The van der Waals surface area contributed by atoms with Crippen LogP contribution in [0.5, 0.6) is 5.75 Å². The van der Waals surface area contributed by atoms with E-state index < -0.39 is 0 Å². The van der Waals surface area contributed by atoms with Gasteiger partial charge in [0.2, 0.25) is 0 Å². The van der Waals surface area contributed by atoms with Crippen molar-refractivity contribution in [1.29, 1.82) is 0 Å². The fraction of sp³-hybridized carbons (Fsp3) is 0.0476. The summed E-state index contributed by atoms with van der Waals surface area (Å²) in [7, 11) is 0. The lowest BCUT2D eigenvalue weighted by Crippen LogP contribution is -2.20. The molecule has 0 saturated carbocycles. The van der Waals surface area contributed by atoms with Gasteiger partial charge in [0, 0.05) is 16.8 Å². The first-order valence-corrected chi connectivity index (χ1v) is 8.00. The van der Waals surface area contributed by atoms with E-state index in [1.807, 2.05) is 18.2 Å². The second-order valence-electron chi connectivity index (χ2n) is 5.56. The van der Waals surface area contributed by atoms with E-state index in [2.05, 4.69) is 5.32 Å². The minimum absolute atomic E-state index is 0.0776. The van der Waals surface area contributed by atoms with E-state index in [0.29, 0.717) is 22.6 Å². The Balaban J connectivity index is 1.55. The maximum absolute atomic E-state index is 12.8. The lowest BCUT2D eigenvalue weighted by atomic mass is 10.0. The first-order chi connectivity index (χ1) is 12.6. The van der Waals surface area contributed by atoms with Crippen LogP contribution < -0.4 is 10.1 Å². The fourth-order valence-corrected chi connectivity index (χ4v) is 2.34. The Morgan fingerprint density at radius 2 is 1.42 bits per heavy atom. The highest BCUT2D eigenvalue weighted by atomic mass is 19.1. The zero-order valence-corrected chi connectivity index (χ0v) is 13.8. The molecule has 0 saturated heterocycles. The third-order valence-electron chi connectivity index (χ3n) is 3.65. The zero-order valence-electron chi connectivity index (χ0n) is 13.8. The largest absolute Gasteiger partial charge is 0.484 e. The summed E-state index contributed by atoms with van der Waals surface area (Å²) in [6.07, 6.45) is 0. The molecule has 3 aromatic carbocycles. The molecule has 0 unspecified atom stereocenters. The Hall–Kier alpha value is -3.47. The summed E-state index contributed by atoms with van der Waals surface area (Å²) in [6.45, 7) is -0.191. The molecule has 4 nitrogen and oxygen atoms in total. The molecule has 0 spiro atoms. The third kappa shape index (κ3) is 4.54. The Morgan fingerprint density at radius 1 is 0.808 bits per heavy atom. The summed E-state index contributed by atoms with van der Waals surface area (Å²) in [6, 6.07) is 21.0. The van der Waals surface area contributed by atoms with Gasteiger partial charge in [0.1, 0.15) is 11.6 Å². The summed E-state index contributed by atoms with van der Waals surface area (Å²) in [5, 5.41) is 2.61. The fourth-order valence-electron chi connectivity index (χ4n) is 2.34. The van der Waals surface area contributed by atoms with Crippen molar-refractivity contribution in [3.8, 4) is 5.75 Å². The van der Waals surface area contributed by atoms with Gasteiger partial charge in [0.25, 0.3) is 5.91 Å². The van der Waals surface area contributed by atoms with Crippen LogP contribution in [0.1, 0.15) is 15.9 Å². The molecule has 0 bridgehead atoms. The van der Waals surface area contributed by atoms with Crippen LogP contribution >= 0.6 is 0 Å². The van der Waals surface area contributed by atoms with Gasteiger partial charge in [-0.3, -0.25) is 9.59 Å². The summed E-state index contributed by atoms with van der Waals surface area (Å²) in [5.74, 6) is -0.333. The van der Waals surface area contributed by atoms with Gasteiger partial charge in [-0.15, -0.1) is 0 Å². The van der Waals surface area contributed by atoms with Crippen LogP contribution in [0.25, 0.3) is 0 Å². The molecule has 0 atom stereocenters. The van der Waals surface area contributed by atoms with Crippen molar-refractivity contribution < 1.29 is 18.7 Å². The molecule has 3 rings (SSSR count). The lowest BCUT2D eigenvalue weighted by molar-refractivity contribution is -0.118. The highest BCUT2D eigenvalue weighted by molar-refractivity contribution is 6.09. The van der Waals surface area contributed by atoms with E-state index in [1.165, 1.54) is 24.3 Å². The van der Waals surface area contributed by atoms with Crippen LogP contribution in [0.2, 0.25) is 0 Å². The Bertz CT molecular complexity index is 891. The van der Waals surface area contributed by atoms with Gasteiger partial charge >= 0.3 is 0 Å². The predicted molar refractivity (Wildman–Crippen MR) is 96.8 cm³/mol. The molecule has 1 N–H and O–H groups in total. The number of hydrogen-bond acceptors (Lipinski definition) is 3. The number of rotatable bonds is 6. The van der Waals surface area contributed by atoms with E-state index in [0.717, 1.165) is 0 Å². The first-order valence-electron chi connectivity index (χ1n) is 8.00. The van der Waals surface area contributed by atoms with Crippen molar-refractivity contribution in [1.82, 2.24) is 0 Å². The maximum atomic E-state index is 12.8. The van der Waals surface area contributed by atoms with Crippen molar-refractivity contribution in [2.75, 3.05) is 11.9 Å². The van der Waals surface area contributed by atoms with E-state index in [4.69, 9.17) is 4.74 Å². The molecule has 0 aromatic heterocycles. The molecule has 5 heteroatoms. The first kappa shape index (κ1) is 17.4. The number of nitrogens with one attached hydrogen (secondary N) is 1. The minimum Gasteiger partial charge on any atom is -0.484 e. The van der Waals surface area contributed by atoms with Gasteiger partial charge in [-0.25, -0.2) is 4.39 Å². The molecule has 0 radical (unpaired) electrons. The minimum atomic E-state index is -0.371. The summed E-state index contributed by atoms with van der Waals surface area (Å²) in [4.78, 5) is 24.2. The molecule has 0 aliphatic rings. The van der Waals surface area contributed by atoms with Gasteiger partial charge in [0.05, 0.1) is 0 Å². The third-order valence-corrected chi connectivity index (χ3v) is 3.65. The summed E-state index contributed by atoms with van der Waals surface area (Å²) >= 11 is 0. The molecule has 0 aliphatic carbocycles. The monoisotopic (exact) mass is 349 g/mol. The number of hydrogen-bond donors (Lipinski definition) is 1.